The maximum atomic E-state index is 13.8. The van der Waals surface area contributed by atoms with E-state index in [2.05, 4.69) is 61.4 Å². The van der Waals surface area contributed by atoms with E-state index in [-0.39, 0.29) is 22.9 Å². The van der Waals surface area contributed by atoms with Gasteiger partial charge in [0, 0.05) is 94.1 Å². The van der Waals surface area contributed by atoms with Crippen LogP contribution in [-0.4, -0.2) is 100 Å². The normalized spacial score (nSPS) is 21.5. The number of piperazine rings is 1. The van der Waals surface area contributed by atoms with Crippen LogP contribution < -0.4 is 25.0 Å². The summed E-state index contributed by atoms with van der Waals surface area (Å²) in [4.78, 5) is 32.0. The molecule has 0 radical (unpaired) electrons. The molecule has 4 heterocycles. The molecule has 0 unspecified atom stereocenters. The molecule has 2 bridgehead atoms. The van der Waals surface area contributed by atoms with Crippen LogP contribution in [0.2, 0.25) is 0 Å². The Hall–Kier alpha value is -5.22. The fourth-order valence-corrected chi connectivity index (χ4v) is 9.95. The number of carbonyl (C=O) groups excluding carboxylic acids is 1. The van der Waals surface area contributed by atoms with Crippen molar-refractivity contribution in [3.05, 3.63) is 112 Å². The topological polar surface area (TPSA) is 159 Å². The second-order valence-electron chi connectivity index (χ2n) is 16.2. The Morgan fingerprint density at radius 1 is 0.864 bits per heavy atom. The summed E-state index contributed by atoms with van der Waals surface area (Å²) in [6, 6.07) is 28.2. The Morgan fingerprint density at radius 2 is 1.58 bits per heavy atom. The van der Waals surface area contributed by atoms with Gasteiger partial charge in [0.05, 0.1) is 15.4 Å². The van der Waals surface area contributed by atoms with Gasteiger partial charge in [-0.05, 0) is 99.5 Å². The molecule has 4 aromatic rings. The molecule has 4 aliphatic rings. The van der Waals surface area contributed by atoms with Crippen molar-refractivity contribution in [2.45, 2.75) is 68.1 Å². The molecule has 3 N–H and O–H groups in total. The van der Waals surface area contributed by atoms with Gasteiger partial charge in [-0.1, -0.05) is 36.4 Å². The minimum atomic E-state index is -4.51. The predicted octanol–water partition coefficient (Wildman–Crippen LogP) is 6.70. The highest BCUT2D eigenvalue weighted by Gasteiger charge is 2.38. The molecule has 0 aliphatic carbocycles. The summed E-state index contributed by atoms with van der Waals surface area (Å²) in [5, 5.41) is 19.0. The van der Waals surface area contributed by atoms with Gasteiger partial charge in [0.1, 0.15) is 17.2 Å². The molecule has 0 saturated carbocycles. The second-order valence-corrected chi connectivity index (χ2v) is 17.9. The van der Waals surface area contributed by atoms with Crippen LogP contribution in [0.4, 0.5) is 22.7 Å². The third-order valence-corrected chi connectivity index (χ3v) is 13.7. The maximum Gasteiger partial charge on any atom is 0.293 e. The molecule has 4 fully saturated rings. The number of nitro groups is 1. The van der Waals surface area contributed by atoms with Gasteiger partial charge in [-0.25, -0.2) is 13.1 Å². The van der Waals surface area contributed by atoms with Crippen LogP contribution in [0.3, 0.4) is 0 Å². The van der Waals surface area contributed by atoms with Crippen molar-refractivity contribution in [2.75, 3.05) is 68.5 Å². The number of anilines is 3. The average molecular weight is 824 g/mol. The van der Waals surface area contributed by atoms with Gasteiger partial charge in [-0.2, -0.15) is 0 Å². The standard InChI is InChI=1S/C44H53N7O7S/c1-48-34-11-12-35(48)26-33(25-34)46-40-10-6-5-7-32(40)30-49-19-21-50(22-20-49)36-13-15-39(43(27-36)58-37-8-3-2-4-9-37)44(52)47-59(55,56)38-14-16-41(42(28-38)51(53)54)45-29-31-17-23-57-24-18-31/h2-10,13-16,27-28,31,33-35,45-46H,11-12,17-26,29-30H2,1H3,(H,47,52)/t34-,35-/m1/s1. The van der Waals surface area contributed by atoms with Crippen molar-refractivity contribution in [3.8, 4) is 11.5 Å². The van der Waals surface area contributed by atoms with E-state index in [1.54, 1.807) is 30.3 Å². The molecule has 15 heteroatoms. The molecular formula is C44H53N7O7S. The van der Waals surface area contributed by atoms with E-state index in [1.807, 2.05) is 18.2 Å². The largest absolute Gasteiger partial charge is 0.456 e. The first-order valence-electron chi connectivity index (χ1n) is 20.7. The number of fused-ring (bicyclic) bond motifs is 2. The zero-order valence-corrected chi connectivity index (χ0v) is 34.2. The van der Waals surface area contributed by atoms with Crippen molar-refractivity contribution in [1.29, 1.82) is 0 Å². The SMILES string of the molecule is CN1[C@@H]2CC[C@@H]1CC(Nc1ccccc1CN1CCN(c3ccc(C(=O)NS(=O)(=O)c4ccc(NCC5CCOCC5)c([N+](=O)[O-])c4)c(Oc4ccccc4)c3)CC1)C2. The number of rotatable bonds is 14. The molecule has 4 saturated heterocycles. The van der Waals surface area contributed by atoms with E-state index in [0.717, 1.165) is 57.3 Å². The van der Waals surface area contributed by atoms with Crippen molar-refractivity contribution in [2.24, 2.45) is 5.92 Å². The Bertz CT molecular complexity index is 2220. The van der Waals surface area contributed by atoms with E-state index in [1.165, 1.54) is 49.1 Å². The van der Waals surface area contributed by atoms with E-state index >= 15 is 0 Å². The first-order chi connectivity index (χ1) is 28.6. The van der Waals surface area contributed by atoms with Crippen molar-refractivity contribution in [1.82, 2.24) is 14.5 Å². The van der Waals surface area contributed by atoms with Gasteiger partial charge in [0.2, 0.25) is 0 Å². The summed E-state index contributed by atoms with van der Waals surface area (Å²) in [7, 11) is -2.24. The number of nitrogens with zero attached hydrogens (tertiary/aromatic N) is 4. The molecule has 59 heavy (non-hydrogen) atoms. The summed E-state index contributed by atoms with van der Waals surface area (Å²) >= 11 is 0. The summed E-state index contributed by atoms with van der Waals surface area (Å²) in [6.07, 6.45) is 6.62. The maximum absolute atomic E-state index is 13.8. The zero-order valence-electron chi connectivity index (χ0n) is 33.4. The monoisotopic (exact) mass is 823 g/mol. The third-order valence-electron chi connectivity index (χ3n) is 12.4. The van der Waals surface area contributed by atoms with Gasteiger partial charge in [-0.3, -0.25) is 19.8 Å². The van der Waals surface area contributed by atoms with E-state index in [9.17, 15) is 23.3 Å². The van der Waals surface area contributed by atoms with Crippen molar-refractivity contribution in [3.63, 3.8) is 0 Å². The fourth-order valence-electron chi connectivity index (χ4n) is 8.97. The lowest BCUT2D eigenvalue weighted by Gasteiger charge is -2.38. The highest BCUT2D eigenvalue weighted by Crippen LogP contribution is 2.37. The van der Waals surface area contributed by atoms with Crippen LogP contribution in [0, 0.1) is 16.0 Å². The third kappa shape index (κ3) is 9.65. The van der Waals surface area contributed by atoms with Crippen LogP contribution in [-0.2, 0) is 21.3 Å². The Balaban J connectivity index is 0.938. The van der Waals surface area contributed by atoms with E-state index in [4.69, 9.17) is 9.47 Å². The first-order valence-corrected chi connectivity index (χ1v) is 22.2. The van der Waals surface area contributed by atoms with Crippen molar-refractivity contribution < 1.29 is 27.6 Å². The number of nitrogens with one attached hydrogen (secondary N) is 3. The van der Waals surface area contributed by atoms with Gasteiger partial charge in [0.25, 0.3) is 21.6 Å². The molecule has 312 valence electrons. The quantitative estimate of drug-likeness (QED) is 0.0914. The Morgan fingerprint density at radius 3 is 2.31 bits per heavy atom. The number of piperidine rings is 1. The smallest absolute Gasteiger partial charge is 0.293 e. The molecule has 0 spiro atoms. The number of nitro benzene ring substituents is 1. The zero-order chi connectivity index (χ0) is 40.9. The lowest BCUT2D eigenvalue weighted by molar-refractivity contribution is -0.384. The van der Waals surface area contributed by atoms with Crippen LogP contribution in [0.25, 0.3) is 0 Å². The van der Waals surface area contributed by atoms with E-state index < -0.39 is 31.4 Å². The minimum Gasteiger partial charge on any atom is -0.456 e. The molecule has 2 atom stereocenters. The molecule has 8 rings (SSSR count). The van der Waals surface area contributed by atoms with Gasteiger partial charge < -0.3 is 29.9 Å². The summed E-state index contributed by atoms with van der Waals surface area (Å²) in [5.74, 6) is 0.0293. The number of ether oxygens (including phenoxy) is 2. The van der Waals surface area contributed by atoms with Crippen LogP contribution in [0.5, 0.6) is 11.5 Å². The number of sulfonamides is 1. The Kier molecular flexibility index (Phi) is 12.3. The number of amides is 1. The molecule has 14 nitrogen and oxygen atoms in total. The highest BCUT2D eigenvalue weighted by atomic mass is 32.2. The summed E-state index contributed by atoms with van der Waals surface area (Å²) < 4.78 is 40.9. The van der Waals surface area contributed by atoms with Crippen LogP contribution in [0.15, 0.2) is 95.9 Å². The molecule has 1 amide bonds. The lowest BCUT2D eigenvalue weighted by atomic mass is 9.97. The molecular weight excluding hydrogens is 771 g/mol. The van der Waals surface area contributed by atoms with Crippen LogP contribution >= 0.6 is 0 Å². The molecule has 4 aromatic carbocycles. The average Bonchev–Trinajstić information content (AvgIpc) is 3.43. The van der Waals surface area contributed by atoms with E-state index in [0.29, 0.717) is 43.6 Å². The summed E-state index contributed by atoms with van der Waals surface area (Å²) in [6.45, 7) is 5.76. The molecule has 4 aliphatic heterocycles. The molecule has 0 aromatic heterocycles. The van der Waals surface area contributed by atoms with Gasteiger partial charge >= 0.3 is 0 Å². The number of para-hydroxylation sites is 2. The number of hydrogen-bond donors (Lipinski definition) is 3. The van der Waals surface area contributed by atoms with Crippen LogP contribution in [0.1, 0.15) is 54.4 Å². The van der Waals surface area contributed by atoms with Crippen molar-refractivity contribution >= 4 is 38.7 Å². The fraction of sp³-hybridized carbons (Fsp3) is 0.432. The van der Waals surface area contributed by atoms with Gasteiger partial charge in [0.15, 0.2) is 0 Å². The second kappa shape index (κ2) is 18.0. The predicted molar refractivity (Wildman–Crippen MR) is 228 cm³/mol. The number of carbonyl (C=O) groups is 1. The first kappa shape index (κ1) is 40.6. The lowest BCUT2D eigenvalue weighted by Crippen LogP contribution is -2.46. The summed E-state index contributed by atoms with van der Waals surface area (Å²) in [5.41, 5.74) is 3.17. The minimum absolute atomic E-state index is 0.00536. The highest BCUT2D eigenvalue weighted by molar-refractivity contribution is 7.90. The number of hydrogen-bond acceptors (Lipinski definition) is 12. The van der Waals surface area contributed by atoms with Gasteiger partial charge in [-0.15, -0.1) is 0 Å². The Labute approximate surface area is 346 Å². The number of benzene rings is 4.